The topological polar surface area (TPSA) is 29.4 Å². The Morgan fingerprint density at radius 2 is 1.94 bits per heavy atom. The minimum Gasteiger partial charge on any atom is -0.211 e. The first kappa shape index (κ1) is 9.32. The Hall–Kier alpha value is -1.92. The van der Waals surface area contributed by atoms with Gasteiger partial charge in [-0.05, 0) is 22.8 Å². The van der Waals surface area contributed by atoms with E-state index in [4.69, 9.17) is 0 Å². The third-order valence-corrected chi connectivity index (χ3v) is 3.20. The fourth-order valence-electron chi connectivity index (χ4n) is 2.30. The fraction of sp³-hybridized carbons (Fsp3) is 0.214. The molecule has 1 saturated carbocycles. The molecule has 2 atom stereocenters. The van der Waals surface area contributed by atoms with Gasteiger partial charge in [0.25, 0.3) is 0 Å². The van der Waals surface area contributed by atoms with Crippen molar-refractivity contribution in [3.05, 3.63) is 48.0 Å². The molecule has 0 aromatic heterocycles. The van der Waals surface area contributed by atoms with Gasteiger partial charge in [-0.25, -0.2) is 9.79 Å². The Bertz CT molecular complexity index is 579. The summed E-state index contributed by atoms with van der Waals surface area (Å²) >= 11 is 0. The van der Waals surface area contributed by atoms with E-state index >= 15 is 0 Å². The molecule has 78 valence electrons. The van der Waals surface area contributed by atoms with E-state index in [9.17, 15) is 4.79 Å². The zero-order chi connectivity index (χ0) is 11.0. The molecule has 2 heteroatoms. The standard InChI is InChI=1S/C14H11NO/c16-9-15-14-8-13(14)12-7-3-5-10-4-1-2-6-11(10)12/h1-7,13-14H,8H2/t13-,14+/m1/s1. The number of nitrogens with zero attached hydrogens (tertiary/aromatic N) is 1. The molecule has 1 aliphatic carbocycles. The maximum Gasteiger partial charge on any atom is 0.235 e. The molecule has 2 nitrogen and oxygen atoms in total. The van der Waals surface area contributed by atoms with Gasteiger partial charge in [0.05, 0.1) is 6.04 Å². The summed E-state index contributed by atoms with van der Waals surface area (Å²) in [6.07, 6.45) is 2.63. The highest BCUT2D eigenvalue weighted by molar-refractivity contribution is 5.86. The smallest absolute Gasteiger partial charge is 0.211 e. The van der Waals surface area contributed by atoms with Gasteiger partial charge in [0.15, 0.2) is 0 Å². The third kappa shape index (κ3) is 1.44. The molecule has 1 aliphatic rings. The van der Waals surface area contributed by atoms with Crippen molar-refractivity contribution in [1.82, 2.24) is 0 Å². The van der Waals surface area contributed by atoms with Crippen molar-refractivity contribution in [2.45, 2.75) is 18.4 Å². The monoisotopic (exact) mass is 209 g/mol. The van der Waals surface area contributed by atoms with E-state index in [-0.39, 0.29) is 6.04 Å². The van der Waals surface area contributed by atoms with Crippen molar-refractivity contribution in [2.75, 3.05) is 0 Å². The minimum absolute atomic E-state index is 0.156. The molecule has 0 bridgehead atoms. The van der Waals surface area contributed by atoms with Crippen LogP contribution in [-0.4, -0.2) is 12.1 Å². The molecule has 0 N–H and O–H groups in total. The molecule has 0 spiro atoms. The Kier molecular flexibility index (Phi) is 2.09. The highest BCUT2D eigenvalue weighted by Gasteiger charge is 2.39. The van der Waals surface area contributed by atoms with Crippen LogP contribution in [-0.2, 0) is 4.79 Å². The Morgan fingerprint density at radius 1 is 1.12 bits per heavy atom. The molecule has 0 radical (unpaired) electrons. The van der Waals surface area contributed by atoms with Crippen LogP contribution in [0.25, 0.3) is 10.8 Å². The van der Waals surface area contributed by atoms with Crippen LogP contribution in [0, 0.1) is 0 Å². The lowest BCUT2D eigenvalue weighted by Crippen LogP contribution is -1.86. The van der Waals surface area contributed by atoms with Gasteiger partial charge < -0.3 is 0 Å². The first-order valence-electron chi connectivity index (χ1n) is 5.45. The average Bonchev–Trinajstić information content (AvgIpc) is 3.08. The molecule has 2 aromatic carbocycles. The highest BCUT2D eigenvalue weighted by atomic mass is 16.1. The van der Waals surface area contributed by atoms with Crippen LogP contribution in [0.5, 0.6) is 0 Å². The van der Waals surface area contributed by atoms with Gasteiger partial charge in [-0.15, -0.1) is 0 Å². The number of benzene rings is 2. The molecule has 0 aliphatic heterocycles. The van der Waals surface area contributed by atoms with Gasteiger partial charge in [-0.3, -0.25) is 0 Å². The molecule has 16 heavy (non-hydrogen) atoms. The van der Waals surface area contributed by atoms with E-state index in [0.29, 0.717) is 5.92 Å². The molecular formula is C14H11NO. The predicted octanol–water partition coefficient (Wildman–Crippen LogP) is 3.03. The largest absolute Gasteiger partial charge is 0.235 e. The van der Waals surface area contributed by atoms with Crippen LogP contribution in [0.4, 0.5) is 0 Å². The van der Waals surface area contributed by atoms with Crippen LogP contribution in [0.2, 0.25) is 0 Å². The van der Waals surface area contributed by atoms with Crippen LogP contribution < -0.4 is 0 Å². The summed E-state index contributed by atoms with van der Waals surface area (Å²) in [6, 6.07) is 14.8. The number of hydrogen-bond acceptors (Lipinski definition) is 2. The average molecular weight is 209 g/mol. The van der Waals surface area contributed by atoms with Crippen molar-refractivity contribution in [3.63, 3.8) is 0 Å². The summed E-state index contributed by atoms with van der Waals surface area (Å²) in [5.41, 5.74) is 1.31. The minimum atomic E-state index is 0.156. The number of rotatable bonds is 2. The van der Waals surface area contributed by atoms with E-state index in [2.05, 4.69) is 35.3 Å². The van der Waals surface area contributed by atoms with Gasteiger partial charge >= 0.3 is 0 Å². The van der Waals surface area contributed by atoms with E-state index in [0.717, 1.165) is 6.42 Å². The number of carbonyl (C=O) groups excluding carboxylic acids is 1. The van der Waals surface area contributed by atoms with E-state index in [1.54, 1.807) is 6.08 Å². The normalized spacial score (nSPS) is 22.8. The second kappa shape index (κ2) is 3.58. The van der Waals surface area contributed by atoms with Gasteiger partial charge in [-0.2, -0.15) is 0 Å². The molecule has 0 unspecified atom stereocenters. The molecule has 2 aromatic rings. The Labute approximate surface area is 93.6 Å². The third-order valence-electron chi connectivity index (χ3n) is 3.20. The van der Waals surface area contributed by atoms with E-state index < -0.39 is 0 Å². The quantitative estimate of drug-likeness (QED) is 0.552. The molecule has 3 rings (SSSR count). The van der Waals surface area contributed by atoms with Gasteiger partial charge in [0.1, 0.15) is 0 Å². The number of fused-ring (bicyclic) bond motifs is 1. The predicted molar refractivity (Wildman–Crippen MR) is 63.2 cm³/mol. The lowest BCUT2D eigenvalue weighted by molar-refractivity contribution is 0.562. The van der Waals surface area contributed by atoms with Crippen molar-refractivity contribution in [3.8, 4) is 0 Å². The molecule has 0 heterocycles. The van der Waals surface area contributed by atoms with Gasteiger partial charge in [0, 0.05) is 5.92 Å². The second-order valence-electron chi connectivity index (χ2n) is 4.20. The maximum absolute atomic E-state index is 10.2. The summed E-state index contributed by atoms with van der Waals surface area (Å²) in [5, 5.41) is 2.53. The first-order valence-corrected chi connectivity index (χ1v) is 5.45. The SMILES string of the molecule is O=C=N[C@H]1C[C@@H]1c1cccc2ccccc12. The zero-order valence-corrected chi connectivity index (χ0v) is 8.76. The number of isocyanates is 1. The summed E-state index contributed by atoms with van der Waals surface area (Å²) in [6.45, 7) is 0. The summed E-state index contributed by atoms with van der Waals surface area (Å²) < 4.78 is 0. The molecule has 1 fully saturated rings. The maximum atomic E-state index is 10.2. The fourth-order valence-corrected chi connectivity index (χ4v) is 2.30. The van der Waals surface area contributed by atoms with E-state index in [1.165, 1.54) is 16.3 Å². The van der Waals surface area contributed by atoms with Gasteiger partial charge in [0.2, 0.25) is 6.08 Å². The second-order valence-corrected chi connectivity index (χ2v) is 4.20. The highest BCUT2D eigenvalue weighted by Crippen LogP contribution is 2.45. The van der Waals surface area contributed by atoms with Crippen molar-refractivity contribution >= 4 is 16.9 Å². The molecule has 0 saturated heterocycles. The number of hydrogen-bond donors (Lipinski definition) is 0. The Balaban J connectivity index is 2.08. The van der Waals surface area contributed by atoms with Crippen molar-refractivity contribution in [2.24, 2.45) is 4.99 Å². The Morgan fingerprint density at radius 3 is 2.81 bits per heavy atom. The number of aliphatic imine (C=N–C) groups is 1. The van der Waals surface area contributed by atoms with Crippen molar-refractivity contribution < 1.29 is 4.79 Å². The molecular weight excluding hydrogens is 198 g/mol. The summed E-state index contributed by atoms with van der Waals surface area (Å²) in [7, 11) is 0. The zero-order valence-electron chi connectivity index (χ0n) is 8.76. The van der Waals surface area contributed by atoms with Crippen LogP contribution in [0.15, 0.2) is 47.5 Å². The molecule has 0 amide bonds. The summed E-state index contributed by atoms with van der Waals surface area (Å²) in [4.78, 5) is 14.0. The van der Waals surface area contributed by atoms with Crippen molar-refractivity contribution in [1.29, 1.82) is 0 Å². The van der Waals surface area contributed by atoms with Crippen LogP contribution in [0.3, 0.4) is 0 Å². The first-order chi connectivity index (χ1) is 7.90. The van der Waals surface area contributed by atoms with Gasteiger partial charge in [-0.1, -0.05) is 42.5 Å². The lowest BCUT2D eigenvalue weighted by atomic mass is 10.0. The lowest BCUT2D eigenvalue weighted by Gasteiger charge is -2.04. The van der Waals surface area contributed by atoms with Crippen LogP contribution in [0.1, 0.15) is 17.9 Å². The summed E-state index contributed by atoms with van der Waals surface area (Å²) in [5.74, 6) is 0.410. The van der Waals surface area contributed by atoms with E-state index in [1.807, 2.05) is 12.1 Å². The van der Waals surface area contributed by atoms with Crippen LogP contribution >= 0.6 is 0 Å².